The molecule has 0 saturated carbocycles. The number of rotatable bonds is 1. The summed E-state index contributed by atoms with van der Waals surface area (Å²) in [5.41, 5.74) is 10.1. The Morgan fingerprint density at radius 1 is 1.28 bits per heavy atom. The van der Waals surface area contributed by atoms with Gasteiger partial charge in [-0.1, -0.05) is 0 Å². The summed E-state index contributed by atoms with van der Waals surface area (Å²) < 4.78 is 0. The molecular formula is C14H14N2O2. The highest BCUT2D eigenvalue weighted by Gasteiger charge is 2.17. The zero-order chi connectivity index (χ0) is 12.7. The molecule has 4 heteroatoms. The van der Waals surface area contributed by atoms with Crippen LogP contribution in [0.1, 0.15) is 34.5 Å². The van der Waals surface area contributed by atoms with Crippen LogP contribution in [0.5, 0.6) is 0 Å². The first-order valence-corrected chi connectivity index (χ1v) is 6.11. The summed E-state index contributed by atoms with van der Waals surface area (Å²) >= 11 is 0. The van der Waals surface area contributed by atoms with Gasteiger partial charge < -0.3 is 10.8 Å². The van der Waals surface area contributed by atoms with E-state index in [1.165, 1.54) is 0 Å². The summed E-state index contributed by atoms with van der Waals surface area (Å²) in [5, 5.41) is 9.85. The van der Waals surface area contributed by atoms with Gasteiger partial charge in [-0.15, -0.1) is 0 Å². The fourth-order valence-electron chi connectivity index (χ4n) is 2.60. The maximum Gasteiger partial charge on any atom is 0.335 e. The first-order chi connectivity index (χ1) is 8.66. The van der Waals surface area contributed by atoms with Gasteiger partial charge >= 0.3 is 5.97 Å². The molecule has 3 rings (SSSR count). The van der Waals surface area contributed by atoms with Crippen LogP contribution < -0.4 is 5.73 Å². The molecule has 3 N–H and O–H groups in total. The van der Waals surface area contributed by atoms with Crippen LogP contribution in [0.2, 0.25) is 0 Å². The van der Waals surface area contributed by atoms with Gasteiger partial charge in [-0.3, -0.25) is 4.98 Å². The van der Waals surface area contributed by atoms with Gasteiger partial charge in [0.15, 0.2) is 0 Å². The number of hydrogen-bond donors (Lipinski definition) is 2. The van der Waals surface area contributed by atoms with Crippen molar-refractivity contribution in [2.75, 3.05) is 5.73 Å². The monoisotopic (exact) mass is 242 g/mol. The lowest BCUT2D eigenvalue weighted by Crippen LogP contribution is -2.09. The lowest BCUT2D eigenvalue weighted by molar-refractivity contribution is 0.0697. The molecule has 0 unspecified atom stereocenters. The van der Waals surface area contributed by atoms with Gasteiger partial charge in [-0.25, -0.2) is 4.79 Å². The van der Waals surface area contributed by atoms with Gasteiger partial charge in [-0.05, 0) is 49.4 Å². The molecule has 0 radical (unpaired) electrons. The smallest absolute Gasteiger partial charge is 0.335 e. The first-order valence-electron chi connectivity index (χ1n) is 6.11. The number of nitrogens with zero attached hydrogens (tertiary/aromatic N) is 1. The first kappa shape index (κ1) is 11.0. The standard InChI is InChI=1S/C14H14N2O2/c15-13-9-3-1-2-4-11(9)16-12-7-8(14(17)18)5-6-10(12)13/h5-7H,1-4H2,(H2,15,16)(H,17,18). The van der Waals surface area contributed by atoms with E-state index in [0.29, 0.717) is 5.52 Å². The molecule has 1 aromatic carbocycles. The molecule has 1 aliphatic rings. The van der Waals surface area contributed by atoms with Crippen LogP contribution in [0.25, 0.3) is 10.9 Å². The van der Waals surface area contributed by atoms with Crippen LogP contribution in [-0.2, 0) is 12.8 Å². The SMILES string of the molecule is Nc1c2c(nc3cc(C(=O)O)ccc13)CCCC2. The number of carboxylic acid groups (broad SMARTS) is 1. The second-order valence-electron chi connectivity index (χ2n) is 4.69. The van der Waals surface area contributed by atoms with E-state index in [9.17, 15) is 4.79 Å². The predicted molar refractivity (Wildman–Crippen MR) is 69.8 cm³/mol. The van der Waals surface area contributed by atoms with Crippen molar-refractivity contribution >= 4 is 22.6 Å². The molecule has 18 heavy (non-hydrogen) atoms. The zero-order valence-corrected chi connectivity index (χ0v) is 9.94. The van der Waals surface area contributed by atoms with Crippen LogP contribution in [0.3, 0.4) is 0 Å². The van der Waals surface area contributed by atoms with Gasteiger partial charge in [-0.2, -0.15) is 0 Å². The molecule has 0 aliphatic heterocycles. The average Bonchev–Trinajstić information content (AvgIpc) is 2.38. The average molecular weight is 242 g/mol. The number of aryl methyl sites for hydroxylation is 1. The Balaban J connectivity index is 2.28. The van der Waals surface area contributed by atoms with Crippen LogP contribution in [0, 0.1) is 0 Å². The summed E-state index contributed by atoms with van der Waals surface area (Å²) in [4.78, 5) is 15.5. The largest absolute Gasteiger partial charge is 0.478 e. The van der Waals surface area contributed by atoms with E-state index in [2.05, 4.69) is 4.98 Å². The highest BCUT2D eigenvalue weighted by molar-refractivity contribution is 5.98. The summed E-state index contributed by atoms with van der Waals surface area (Å²) in [6.07, 6.45) is 4.19. The lowest BCUT2D eigenvalue weighted by atomic mass is 9.93. The number of nitrogens with two attached hydrogens (primary N) is 1. The van der Waals surface area contributed by atoms with Crippen LogP contribution in [-0.4, -0.2) is 16.1 Å². The molecule has 0 bridgehead atoms. The molecule has 0 fully saturated rings. The van der Waals surface area contributed by atoms with E-state index in [0.717, 1.165) is 48.0 Å². The van der Waals surface area contributed by atoms with Gasteiger partial charge in [0.2, 0.25) is 0 Å². The minimum Gasteiger partial charge on any atom is -0.478 e. The normalized spacial score (nSPS) is 14.4. The van der Waals surface area contributed by atoms with E-state index < -0.39 is 5.97 Å². The van der Waals surface area contributed by atoms with Crippen LogP contribution in [0.4, 0.5) is 5.69 Å². The van der Waals surface area contributed by atoms with Crippen molar-refractivity contribution in [3.05, 3.63) is 35.0 Å². The summed E-state index contributed by atoms with van der Waals surface area (Å²) in [6, 6.07) is 4.94. The maximum absolute atomic E-state index is 11.0. The molecule has 2 aromatic rings. The van der Waals surface area contributed by atoms with Crippen molar-refractivity contribution in [3.63, 3.8) is 0 Å². The maximum atomic E-state index is 11.0. The number of nitrogen functional groups attached to an aromatic ring is 1. The fourth-order valence-corrected chi connectivity index (χ4v) is 2.60. The Morgan fingerprint density at radius 3 is 2.83 bits per heavy atom. The Morgan fingerprint density at radius 2 is 2.06 bits per heavy atom. The topological polar surface area (TPSA) is 76.2 Å². The fraction of sp³-hybridized carbons (Fsp3) is 0.286. The van der Waals surface area contributed by atoms with Gasteiger partial charge in [0, 0.05) is 16.8 Å². The van der Waals surface area contributed by atoms with Crippen molar-refractivity contribution in [3.8, 4) is 0 Å². The van der Waals surface area contributed by atoms with E-state index in [4.69, 9.17) is 10.8 Å². The number of carbonyl (C=O) groups is 1. The third kappa shape index (κ3) is 1.61. The Labute approximate surface area is 104 Å². The molecule has 1 aliphatic carbocycles. The summed E-state index contributed by atoms with van der Waals surface area (Å²) in [5.74, 6) is -0.935. The molecule has 0 saturated heterocycles. The number of pyridine rings is 1. The van der Waals surface area contributed by atoms with Gasteiger partial charge in [0.25, 0.3) is 0 Å². The Bertz CT molecular complexity index is 650. The Hall–Kier alpha value is -2.10. The number of fused-ring (bicyclic) bond motifs is 2. The molecule has 0 atom stereocenters. The van der Waals surface area contributed by atoms with E-state index in [-0.39, 0.29) is 5.56 Å². The number of carboxylic acids is 1. The third-order valence-electron chi connectivity index (χ3n) is 3.55. The Kier molecular flexibility index (Phi) is 2.44. The van der Waals surface area contributed by atoms with Crippen LogP contribution in [0.15, 0.2) is 18.2 Å². The quantitative estimate of drug-likeness (QED) is 0.805. The molecule has 92 valence electrons. The minimum absolute atomic E-state index is 0.255. The molecule has 1 heterocycles. The minimum atomic E-state index is -0.935. The number of anilines is 1. The number of aromatic carboxylic acids is 1. The van der Waals surface area contributed by atoms with Crippen molar-refractivity contribution in [2.45, 2.75) is 25.7 Å². The van der Waals surface area contributed by atoms with Crippen molar-refractivity contribution < 1.29 is 9.90 Å². The highest BCUT2D eigenvalue weighted by atomic mass is 16.4. The second kappa shape index (κ2) is 3.98. The number of aromatic nitrogens is 1. The van der Waals surface area contributed by atoms with Gasteiger partial charge in [0.1, 0.15) is 0 Å². The number of hydrogen-bond acceptors (Lipinski definition) is 3. The summed E-state index contributed by atoms with van der Waals surface area (Å²) in [6.45, 7) is 0. The van der Waals surface area contributed by atoms with Crippen molar-refractivity contribution in [2.24, 2.45) is 0 Å². The second-order valence-corrected chi connectivity index (χ2v) is 4.69. The number of benzene rings is 1. The molecule has 0 amide bonds. The van der Waals surface area contributed by atoms with E-state index in [1.807, 2.05) is 0 Å². The van der Waals surface area contributed by atoms with Gasteiger partial charge in [0.05, 0.1) is 11.1 Å². The lowest BCUT2D eigenvalue weighted by Gasteiger charge is -2.18. The molecule has 4 nitrogen and oxygen atoms in total. The van der Waals surface area contributed by atoms with E-state index >= 15 is 0 Å². The zero-order valence-electron chi connectivity index (χ0n) is 9.94. The molecular weight excluding hydrogens is 228 g/mol. The van der Waals surface area contributed by atoms with Crippen LogP contribution >= 0.6 is 0 Å². The van der Waals surface area contributed by atoms with E-state index in [1.54, 1.807) is 18.2 Å². The highest BCUT2D eigenvalue weighted by Crippen LogP contribution is 2.31. The summed E-state index contributed by atoms with van der Waals surface area (Å²) in [7, 11) is 0. The van der Waals surface area contributed by atoms with Crippen molar-refractivity contribution in [1.29, 1.82) is 0 Å². The molecule has 0 spiro atoms. The molecule has 1 aromatic heterocycles. The van der Waals surface area contributed by atoms with Crippen molar-refractivity contribution in [1.82, 2.24) is 4.98 Å². The predicted octanol–water partition coefficient (Wildman–Crippen LogP) is 2.39. The third-order valence-corrected chi connectivity index (χ3v) is 3.55.